The summed E-state index contributed by atoms with van der Waals surface area (Å²) < 4.78 is 0. The zero-order valence-electron chi connectivity index (χ0n) is 13.7. The van der Waals surface area contributed by atoms with E-state index in [0.29, 0.717) is 31.6 Å². The van der Waals surface area contributed by atoms with E-state index in [9.17, 15) is 9.90 Å². The van der Waals surface area contributed by atoms with Gasteiger partial charge in [0.1, 0.15) is 0 Å². The summed E-state index contributed by atoms with van der Waals surface area (Å²) in [6.45, 7) is 1.47. The second kappa shape index (κ2) is 7.88. The van der Waals surface area contributed by atoms with E-state index >= 15 is 0 Å². The molecule has 0 bridgehead atoms. The highest BCUT2D eigenvalue weighted by molar-refractivity contribution is 5.78. The van der Waals surface area contributed by atoms with Crippen molar-refractivity contribution in [1.82, 2.24) is 15.2 Å². The molecule has 2 heterocycles. The van der Waals surface area contributed by atoms with Crippen molar-refractivity contribution in [2.75, 3.05) is 13.1 Å². The van der Waals surface area contributed by atoms with E-state index in [0.717, 1.165) is 12.1 Å². The van der Waals surface area contributed by atoms with Gasteiger partial charge in [0.25, 0.3) is 0 Å². The number of aliphatic hydroxyl groups is 1. The minimum Gasteiger partial charge on any atom is -0.392 e. The molecular formula is C18H27N3O2. The van der Waals surface area contributed by atoms with Crippen LogP contribution in [0.15, 0.2) is 24.4 Å². The maximum Gasteiger partial charge on any atom is 0.234 e. The zero-order chi connectivity index (χ0) is 16.1. The Morgan fingerprint density at radius 1 is 1.30 bits per heavy atom. The third-order valence-electron chi connectivity index (χ3n) is 5.16. The first kappa shape index (κ1) is 16.4. The molecule has 1 aromatic rings. The van der Waals surface area contributed by atoms with Crippen molar-refractivity contribution < 1.29 is 9.90 Å². The van der Waals surface area contributed by atoms with Crippen LogP contribution in [0.3, 0.4) is 0 Å². The SMILES string of the molecule is O=C(CN1C[C@@H](O)C[C@H]1C1CCCCC1)NCc1ccccn1. The minimum atomic E-state index is -0.287. The fraction of sp³-hybridized carbons (Fsp3) is 0.667. The number of nitrogens with one attached hydrogen (secondary N) is 1. The number of aliphatic hydroxyl groups excluding tert-OH is 1. The summed E-state index contributed by atoms with van der Waals surface area (Å²) >= 11 is 0. The normalized spacial score (nSPS) is 26.3. The average Bonchev–Trinajstić information content (AvgIpc) is 2.95. The predicted octanol–water partition coefficient (Wildman–Crippen LogP) is 1.71. The topological polar surface area (TPSA) is 65.5 Å². The molecule has 1 saturated heterocycles. The van der Waals surface area contributed by atoms with Crippen LogP contribution in [-0.4, -0.2) is 46.1 Å². The smallest absolute Gasteiger partial charge is 0.234 e. The highest BCUT2D eigenvalue weighted by Crippen LogP contribution is 2.34. The highest BCUT2D eigenvalue weighted by atomic mass is 16.3. The summed E-state index contributed by atoms with van der Waals surface area (Å²) in [5.74, 6) is 0.662. The van der Waals surface area contributed by atoms with Crippen molar-refractivity contribution in [3.05, 3.63) is 30.1 Å². The Morgan fingerprint density at radius 3 is 2.87 bits per heavy atom. The van der Waals surface area contributed by atoms with Crippen molar-refractivity contribution in [3.8, 4) is 0 Å². The molecule has 2 atom stereocenters. The van der Waals surface area contributed by atoms with E-state index < -0.39 is 0 Å². The van der Waals surface area contributed by atoms with Crippen molar-refractivity contribution in [3.63, 3.8) is 0 Å². The molecule has 5 nitrogen and oxygen atoms in total. The Balaban J connectivity index is 1.51. The lowest BCUT2D eigenvalue weighted by Gasteiger charge is -2.33. The number of aromatic nitrogens is 1. The largest absolute Gasteiger partial charge is 0.392 e. The molecule has 1 aliphatic carbocycles. The van der Waals surface area contributed by atoms with E-state index in [2.05, 4.69) is 15.2 Å². The van der Waals surface area contributed by atoms with Crippen LogP contribution >= 0.6 is 0 Å². The van der Waals surface area contributed by atoms with Gasteiger partial charge < -0.3 is 10.4 Å². The average molecular weight is 317 g/mol. The molecule has 0 spiro atoms. The number of β-amino-alcohol motifs (C(OH)–C–C–N with tert-alkyl or cyclic N) is 1. The quantitative estimate of drug-likeness (QED) is 0.868. The van der Waals surface area contributed by atoms with Crippen LogP contribution in [0.5, 0.6) is 0 Å². The van der Waals surface area contributed by atoms with Crippen molar-refractivity contribution >= 4 is 5.91 Å². The molecule has 1 saturated carbocycles. The minimum absolute atomic E-state index is 0.0190. The number of hydrogen-bond acceptors (Lipinski definition) is 4. The third-order valence-corrected chi connectivity index (χ3v) is 5.16. The number of rotatable bonds is 5. The number of likely N-dealkylation sites (tertiary alicyclic amines) is 1. The van der Waals surface area contributed by atoms with Gasteiger partial charge in [-0.2, -0.15) is 0 Å². The van der Waals surface area contributed by atoms with E-state index in [4.69, 9.17) is 0 Å². The zero-order valence-corrected chi connectivity index (χ0v) is 13.7. The van der Waals surface area contributed by atoms with Gasteiger partial charge in [-0.3, -0.25) is 14.7 Å². The van der Waals surface area contributed by atoms with Gasteiger partial charge >= 0.3 is 0 Å². The predicted molar refractivity (Wildman–Crippen MR) is 88.6 cm³/mol. The standard InChI is InChI=1S/C18H27N3O2/c22-16-10-17(14-6-2-1-3-7-14)21(12-16)13-18(23)20-11-15-8-4-5-9-19-15/h4-5,8-9,14,16-17,22H,1-3,6-7,10-13H2,(H,20,23)/t16-,17-/m0/s1. The Hall–Kier alpha value is -1.46. The molecule has 2 fully saturated rings. The van der Waals surface area contributed by atoms with Crippen LogP contribution in [0.25, 0.3) is 0 Å². The third kappa shape index (κ3) is 4.52. The molecule has 3 rings (SSSR count). The Kier molecular flexibility index (Phi) is 5.62. The van der Waals surface area contributed by atoms with Gasteiger partial charge in [-0.25, -0.2) is 0 Å². The molecule has 0 unspecified atom stereocenters. The van der Waals surface area contributed by atoms with Gasteiger partial charge in [-0.15, -0.1) is 0 Å². The van der Waals surface area contributed by atoms with Crippen molar-refractivity contribution in [2.45, 2.75) is 57.2 Å². The first-order valence-electron chi connectivity index (χ1n) is 8.81. The first-order chi connectivity index (χ1) is 11.2. The summed E-state index contributed by atoms with van der Waals surface area (Å²) in [4.78, 5) is 18.6. The second-order valence-electron chi connectivity index (χ2n) is 6.88. The van der Waals surface area contributed by atoms with Gasteiger partial charge in [-0.05, 0) is 37.3 Å². The summed E-state index contributed by atoms with van der Waals surface area (Å²) in [5, 5.41) is 13.0. The molecule has 1 amide bonds. The molecule has 2 aliphatic rings. The molecule has 0 aromatic carbocycles. The number of pyridine rings is 1. The second-order valence-corrected chi connectivity index (χ2v) is 6.88. The summed E-state index contributed by atoms with van der Waals surface area (Å²) in [7, 11) is 0. The van der Waals surface area contributed by atoms with Crippen LogP contribution in [0.1, 0.15) is 44.2 Å². The number of carbonyl (C=O) groups excluding carboxylic acids is 1. The Bertz CT molecular complexity index is 502. The first-order valence-corrected chi connectivity index (χ1v) is 8.81. The fourth-order valence-electron chi connectivity index (χ4n) is 4.03. The van der Waals surface area contributed by atoms with Gasteiger partial charge in [0.05, 0.1) is 24.9 Å². The maximum absolute atomic E-state index is 12.2. The number of amides is 1. The van der Waals surface area contributed by atoms with Crippen LogP contribution in [0.4, 0.5) is 0 Å². The van der Waals surface area contributed by atoms with Gasteiger partial charge in [0, 0.05) is 18.8 Å². The lowest BCUT2D eigenvalue weighted by molar-refractivity contribution is -0.123. The van der Waals surface area contributed by atoms with Crippen molar-refractivity contribution in [2.24, 2.45) is 5.92 Å². The van der Waals surface area contributed by atoms with Gasteiger partial charge in [0.2, 0.25) is 5.91 Å². The Labute approximate surface area is 138 Å². The van der Waals surface area contributed by atoms with Crippen LogP contribution in [0, 0.1) is 5.92 Å². The molecule has 23 heavy (non-hydrogen) atoms. The maximum atomic E-state index is 12.2. The molecule has 5 heteroatoms. The molecular weight excluding hydrogens is 290 g/mol. The van der Waals surface area contributed by atoms with Crippen LogP contribution in [0.2, 0.25) is 0 Å². The van der Waals surface area contributed by atoms with Gasteiger partial charge in [-0.1, -0.05) is 25.3 Å². The Morgan fingerprint density at radius 2 is 2.13 bits per heavy atom. The number of nitrogens with zero attached hydrogens (tertiary/aromatic N) is 2. The lowest BCUT2D eigenvalue weighted by atomic mass is 9.83. The molecule has 1 aliphatic heterocycles. The monoisotopic (exact) mass is 317 g/mol. The summed E-state index contributed by atoms with van der Waals surface area (Å²) in [6, 6.07) is 6.06. The van der Waals surface area contributed by atoms with Gasteiger partial charge in [0.15, 0.2) is 0 Å². The van der Waals surface area contributed by atoms with E-state index in [1.54, 1.807) is 6.20 Å². The van der Waals surface area contributed by atoms with E-state index in [-0.39, 0.29) is 12.0 Å². The molecule has 2 N–H and O–H groups in total. The summed E-state index contributed by atoms with van der Waals surface area (Å²) in [6.07, 6.45) is 8.65. The number of hydrogen-bond donors (Lipinski definition) is 2. The molecule has 126 valence electrons. The van der Waals surface area contributed by atoms with Crippen LogP contribution in [-0.2, 0) is 11.3 Å². The van der Waals surface area contributed by atoms with E-state index in [1.165, 1.54) is 32.1 Å². The van der Waals surface area contributed by atoms with Crippen molar-refractivity contribution in [1.29, 1.82) is 0 Å². The molecule has 1 aromatic heterocycles. The summed E-state index contributed by atoms with van der Waals surface area (Å²) in [5.41, 5.74) is 0.867. The molecule has 0 radical (unpaired) electrons. The van der Waals surface area contributed by atoms with Crippen LogP contribution < -0.4 is 5.32 Å². The fourth-order valence-corrected chi connectivity index (χ4v) is 4.03. The highest BCUT2D eigenvalue weighted by Gasteiger charge is 2.37. The van der Waals surface area contributed by atoms with E-state index in [1.807, 2.05) is 18.2 Å². The number of carbonyl (C=O) groups is 1. The lowest BCUT2D eigenvalue weighted by Crippen LogP contribution is -2.43.